The first kappa shape index (κ1) is 18.3. The van der Waals surface area contributed by atoms with E-state index >= 15 is 0 Å². The number of benzene rings is 1. The highest BCUT2D eigenvalue weighted by Gasteiger charge is 2.12. The maximum atomic E-state index is 9.12. The fourth-order valence-corrected chi connectivity index (χ4v) is 3.25. The van der Waals surface area contributed by atoms with Crippen molar-refractivity contribution in [2.75, 3.05) is 18.1 Å². The van der Waals surface area contributed by atoms with Crippen LogP contribution in [0.25, 0.3) is 11.0 Å². The van der Waals surface area contributed by atoms with Crippen LogP contribution in [-0.4, -0.2) is 37.8 Å². The fraction of sp³-hybridized carbons (Fsp3) is 0.450. The summed E-state index contributed by atoms with van der Waals surface area (Å²) in [6.07, 6.45) is 5.32. The summed E-state index contributed by atoms with van der Waals surface area (Å²) in [6.45, 7) is 8.92. The van der Waals surface area contributed by atoms with Gasteiger partial charge in [0.2, 0.25) is 0 Å². The number of rotatable bonds is 8. The second kappa shape index (κ2) is 8.27. The summed E-state index contributed by atoms with van der Waals surface area (Å²) in [4.78, 5) is 15.7. The third-order valence-electron chi connectivity index (χ3n) is 4.64. The lowest BCUT2D eigenvalue weighted by molar-refractivity contribution is 0.287. The van der Waals surface area contributed by atoms with Gasteiger partial charge in [-0.05, 0) is 45.4 Å². The molecule has 26 heavy (non-hydrogen) atoms. The molecule has 2 heterocycles. The molecule has 0 fully saturated rings. The predicted molar refractivity (Wildman–Crippen MR) is 104 cm³/mol. The summed E-state index contributed by atoms with van der Waals surface area (Å²) >= 11 is 0. The molecule has 0 aliphatic carbocycles. The van der Waals surface area contributed by atoms with Gasteiger partial charge in [0.05, 0.1) is 11.0 Å². The minimum atomic E-state index is 0.195. The van der Waals surface area contributed by atoms with Crippen molar-refractivity contribution >= 4 is 16.7 Å². The smallest absolute Gasteiger partial charge is 0.125 e. The molecule has 6 heteroatoms. The molecule has 6 nitrogen and oxygen atoms in total. The van der Waals surface area contributed by atoms with Gasteiger partial charge in [0.15, 0.2) is 0 Å². The zero-order valence-electron chi connectivity index (χ0n) is 15.8. The van der Waals surface area contributed by atoms with Gasteiger partial charge in [-0.1, -0.05) is 0 Å². The van der Waals surface area contributed by atoms with E-state index in [4.69, 9.17) is 10.1 Å². The normalized spacial score (nSPS) is 11.2. The summed E-state index contributed by atoms with van der Waals surface area (Å²) in [5, 5.41) is 9.12. The Morgan fingerprint density at radius 3 is 2.58 bits per heavy atom. The van der Waals surface area contributed by atoms with Crippen molar-refractivity contribution in [2.24, 2.45) is 0 Å². The molecule has 3 aromatic rings. The Hall–Kier alpha value is -2.47. The summed E-state index contributed by atoms with van der Waals surface area (Å²) in [5.41, 5.74) is 4.41. The molecule has 1 N–H and O–H groups in total. The summed E-state index contributed by atoms with van der Waals surface area (Å²) < 4.78 is 2.23. The third kappa shape index (κ3) is 3.85. The van der Waals surface area contributed by atoms with Crippen molar-refractivity contribution < 1.29 is 5.11 Å². The van der Waals surface area contributed by atoms with E-state index in [0.29, 0.717) is 0 Å². The molecule has 0 spiro atoms. The number of hydrogen-bond donors (Lipinski definition) is 1. The quantitative estimate of drug-likeness (QED) is 0.674. The number of fused-ring (bicyclic) bond motifs is 1. The van der Waals surface area contributed by atoms with E-state index in [-0.39, 0.29) is 6.61 Å². The Kier molecular flexibility index (Phi) is 5.83. The molecule has 0 atom stereocenters. The van der Waals surface area contributed by atoms with E-state index < -0.39 is 0 Å². The van der Waals surface area contributed by atoms with Gasteiger partial charge in [0.1, 0.15) is 11.6 Å². The second-order valence-corrected chi connectivity index (χ2v) is 6.43. The maximum Gasteiger partial charge on any atom is 0.125 e. The van der Waals surface area contributed by atoms with Crippen LogP contribution in [0.15, 0.2) is 30.6 Å². The van der Waals surface area contributed by atoms with Gasteiger partial charge in [-0.3, -0.25) is 0 Å². The predicted octanol–water partition coefficient (Wildman–Crippen LogP) is 3.11. The van der Waals surface area contributed by atoms with E-state index in [0.717, 1.165) is 66.4 Å². The Bertz CT molecular complexity index is 857. The van der Waals surface area contributed by atoms with Crippen LogP contribution in [-0.2, 0) is 19.5 Å². The minimum Gasteiger partial charge on any atom is -0.396 e. The molecule has 2 aromatic heterocycles. The van der Waals surface area contributed by atoms with Crippen LogP contribution in [0, 0.1) is 6.92 Å². The van der Waals surface area contributed by atoms with Crippen LogP contribution in [0.2, 0.25) is 0 Å². The molecule has 0 unspecified atom stereocenters. The molecule has 0 saturated carbocycles. The van der Waals surface area contributed by atoms with Gasteiger partial charge in [-0.15, -0.1) is 0 Å². The lowest BCUT2D eigenvalue weighted by Crippen LogP contribution is -2.22. The van der Waals surface area contributed by atoms with Gasteiger partial charge in [-0.2, -0.15) is 0 Å². The Morgan fingerprint density at radius 2 is 1.92 bits per heavy atom. The summed E-state index contributed by atoms with van der Waals surface area (Å²) in [7, 11) is 0. The van der Waals surface area contributed by atoms with Gasteiger partial charge < -0.3 is 14.6 Å². The lowest BCUT2D eigenvalue weighted by atomic mass is 10.2. The lowest BCUT2D eigenvalue weighted by Gasteiger charge is -2.23. The Balaban J connectivity index is 1.89. The van der Waals surface area contributed by atoms with Crippen molar-refractivity contribution in [2.45, 2.75) is 46.7 Å². The molecular weight excluding hydrogens is 326 g/mol. The third-order valence-corrected chi connectivity index (χ3v) is 4.64. The van der Waals surface area contributed by atoms with Gasteiger partial charge in [0.25, 0.3) is 0 Å². The van der Waals surface area contributed by atoms with Gasteiger partial charge in [0, 0.05) is 56.3 Å². The number of aromatic nitrogens is 4. The maximum absolute atomic E-state index is 9.12. The molecular formula is C20H27N5O. The van der Waals surface area contributed by atoms with E-state index in [1.807, 2.05) is 19.3 Å². The summed E-state index contributed by atoms with van der Waals surface area (Å²) in [6, 6.07) is 6.46. The van der Waals surface area contributed by atoms with E-state index in [9.17, 15) is 0 Å². The highest BCUT2D eigenvalue weighted by Crippen LogP contribution is 2.25. The molecule has 138 valence electrons. The van der Waals surface area contributed by atoms with Crippen molar-refractivity contribution in [3.63, 3.8) is 0 Å². The highest BCUT2D eigenvalue weighted by atomic mass is 16.2. The molecule has 3 rings (SSSR count). The Labute approximate surface area is 154 Å². The van der Waals surface area contributed by atoms with Crippen molar-refractivity contribution in [3.8, 4) is 0 Å². The number of imidazole rings is 1. The van der Waals surface area contributed by atoms with Crippen molar-refractivity contribution in [3.05, 3.63) is 47.8 Å². The number of aliphatic hydroxyl groups is 1. The number of hydrogen-bond acceptors (Lipinski definition) is 5. The summed E-state index contributed by atoms with van der Waals surface area (Å²) in [5.74, 6) is 1.84. The fourth-order valence-electron chi connectivity index (χ4n) is 3.25. The molecule has 0 bridgehead atoms. The first-order chi connectivity index (χ1) is 12.7. The van der Waals surface area contributed by atoms with E-state index in [1.165, 1.54) is 0 Å². The molecule has 0 amide bonds. The average Bonchev–Trinajstić information content (AvgIpc) is 3.02. The van der Waals surface area contributed by atoms with E-state index in [1.54, 1.807) is 0 Å². The van der Waals surface area contributed by atoms with Crippen LogP contribution in [0.4, 0.5) is 5.69 Å². The highest BCUT2D eigenvalue weighted by molar-refractivity contribution is 5.80. The number of nitrogens with zero attached hydrogens (tertiary/aromatic N) is 5. The first-order valence-corrected chi connectivity index (χ1v) is 9.28. The van der Waals surface area contributed by atoms with Crippen LogP contribution >= 0.6 is 0 Å². The number of aliphatic hydroxyl groups excluding tert-OH is 1. The average molecular weight is 353 g/mol. The largest absolute Gasteiger partial charge is 0.396 e. The molecule has 0 aliphatic heterocycles. The number of anilines is 1. The minimum absolute atomic E-state index is 0.195. The van der Waals surface area contributed by atoms with Crippen LogP contribution in [0.3, 0.4) is 0 Å². The van der Waals surface area contributed by atoms with Crippen LogP contribution in [0.5, 0.6) is 0 Å². The Morgan fingerprint density at radius 1 is 1.15 bits per heavy atom. The van der Waals surface area contributed by atoms with Gasteiger partial charge >= 0.3 is 0 Å². The SMILES string of the molecule is CCN(Cc1cnc(C)nc1)c1ccc2c(c1)nc(CCCO)n2CC. The van der Waals surface area contributed by atoms with Crippen molar-refractivity contribution in [1.82, 2.24) is 19.5 Å². The van der Waals surface area contributed by atoms with Crippen LogP contribution in [0.1, 0.15) is 37.5 Å². The monoisotopic (exact) mass is 353 g/mol. The van der Waals surface area contributed by atoms with Crippen LogP contribution < -0.4 is 4.90 Å². The standard InChI is InChI=1S/C20H27N5O/c1-4-24(14-16-12-21-15(3)22-13-16)17-8-9-19-18(11-17)23-20(7-6-10-26)25(19)5-2/h8-9,11-13,26H,4-7,10,14H2,1-3H3. The molecule has 1 aromatic carbocycles. The number of aryl methyl sites for hydroxylation is 3. The molecule has 0 aliphatic rings. The topological polar surface area (TPSA) is 67.1 Å². The first-order valence-electron chi connectivity index (χ1n) is 9.28. The van der Waals surface area contributed by atoms with Gasteiger partial charge in [-0.25, -0.2) is 15.0 Å². The van der Waals surface area contributed by atoms with Crippen molar-refractivity contribution in [1.29, 1.82) is 0 Å². The molecule has 0 radical (unpaired) electrons. The zero-order valence-corrected chi connectivity index (χ0v) is 15.8. The second-order valence-electron chi connectivity index (χ2n) is 6.43. The van der Waals surface area contributed by atoms with E-state index in [2.05, 4.69) is 51.5 Å². The molecule has 0 saturated heterocycles. The zero-order chi connectivity index (χ0) is 18.5.